The number of anilines is 1. The molecule has 7 rings (SSSR count). The highest BCUT2D eigenvalue weighted by atomic mass is 16.7. The summed E-state index contributed by atoms with van der Waals surface area (Å²) < 4.78 is 18.3. The molecule has 11 nitrogen and oxygen atoms in total. The van der Waals surface area contributed by atoms with Crippen molar-refractivity contribution >= 4 is 28.5 Å². The maximum absolute atomic E-state index is 14.4. The van der Waals surface area contributed by atoms with E-state index in [2.05, 4.69) is 20.5 Å². The summed E-state index contributed by atoms with van der Waals surface area (Å²) in [5, 5.41) is 11.8. The smallest absolute Gasteiger partial charge is 0.247 e. The van der Waals surface area contributed by atoms with Gasteiger partial charge in [-0.15, -0.1) is 5.10 Å². The van der Waals surface area contributed by atoms with Crippen LogP contribution in [0.4, 0.5) is 5.69 Å². The second kappa shape index (κ2) is 13.2. The lowest BCUT2D eigenvalue weighted by Gasteiger charge is -2.34. The molecule has 1 saturated heterocycles. The van der Waals surface area contributed by atoms with E-state index in [1.165, 1.54) is 6.42 Å². The van der Waals surface area contributed by atoms with Crippen molar-refractivity contribution in [2.45, 2.75) is 57.3 Å². The Morgan fingerprint density at radius 3 is 2.53 bits per heavy atom. The summed E-state index contributed by atoms with van der Waals surface area (Å²) in [6.07, 6.45) is 5.23. The number of rotatable bonds is 9. The van der Waals surface area contributed by atoms with Crippen molar-refractivity contribution in [3.8, 4) is 11.5 Å². The number of amides is 2. The van der Waals surface area contributed by atoms with E-state index in [4.69, 9.17) is 14.2 Å². The molecular weight excluding hydrogens is 572 g/mol. The monoisotopic (exact) mass is 610 g/mol. The summed E-state index contributed by atoms with van der Waals surface area (Å²) >= 11 is 0. The van der Waals surface area contributed by atoms with E-state index in [1.807, 2.05) is 66.7 Å². The van der Waals surface area contributed by atoms with E-state index in [-0.39, 0.29) is 37.7 Å². The number of benzene rings is 3. The molecule has 11 heteroatoms. The summed E-state index contributed by atoms with van der Waals surface area (Å²) in [4.78, 5) is 32.7. The maximum atomic E-state index is 14.4. The van der Waals surface area contributed by atoms with Crippen LogP contribution in [-0.4, -0.2) is 70.8 Å². The Bertz CT molecular complexity index is 1640. The molecular formula is C34H38N6O5. The van der Waals surface area contributed by atoms with E-state index in [0.29, 0.717) is 30.2 Å². The number of para-hydroxylation sites is 1. The SMILES string of the molecule is O=C(NC1CCCCC1)C(c1ccc(N2CCOCC2)cc1)N(Cc1ccc2c(c1)OCO2)C(=O)Cn1nnc2ccccc21. The van der Waals surface area contributed by atoms with Crippen LogP contribution in [0, 0.1) is 0 Å². The Kier molecular flexibility index (Phi) is 8.50. The second-order valence-electron chi connectivity index (χ2n) is 11.9. The minimum Gasteiger partial charge on any atom is -0.454 e. The zero-order chi connectivity index (χ0) is 30.6. The van der Waals surface area contributed by atoms with Gasteiger partial charge in [0.05, 0.1) is 18.7 Å². The van der Waals surface area contributed by atoms with E-state index < -0.39 is 6.04 Å². The lowest BCUT2D eigenvalue weighted by atomic mass is 9.94. The molecule has 2 aliphatic heterocycles. The highest BCUT2D eigenvalue weighted by molar-refractivity contribution is 5.89. The van der Waals surface area contributed by atoms with Crippen LogP contribution in [0.5, 0.6) is 11.5 Å². The number of nitrogens with zero attached hydrogens (tertiary/aromatic N) is 5. The largest absolute Gasteiger partial charge is 0.454 e. The standard InChI is InChI=1S/C34H38N6O5/c41-32(22-40-29-9-5-4-8-28(29)36-37-40)39(21-24-10-15-30-31(20-24)45-23-44-30)33(34(42)35-26-6-2-1-3-7-26)25-11-13-27(14-12-25)38-16-18-43-19-17-38/h4-5,8-15,20,26,33H,1-3,6-7,16-19,21-23H2,(H,35,42). The Balaban J connectivity index is 1.25. The average molecular weight is 611 g/mol. The van der Waals surface area contributed by atoms with E-state index in [9.17, 15) is 9.59 Å². The first-order valence-electron chi connectivity index (χ1n) is 15.8. The molecule has 234 valence electrons. The van der Waals surface area contributed by atoms with Crippen molar-refractivity contribution in [3.63, 3.8) is 0 Å². The van der Waals surface area contributed by atoms with Crippen LogP contribution in [0.3, 0.4) is 0 Å². The quantitative estimate of drug-likeness (QED) is 0.300. The molecule has 1 N–H and O–H groups in total. The zero-order valence-corrected chi connectivity index (χ0v) is 25.3. The van der Waals surface area contributed by atoms with Crippen LogP contribution in [0.2, 0.25) is 0 Å². The van der Waals surface area contributed by atoms with Gasteiger partial charge in [0.25, 0.3) is 0 Å². The van der Waals surface area contributed by atoms with Crippen molar-refractivity contribution in [1.82, 2.24) is 25.2 Å². The molecule has 4 aromatic rings. The first-order valence-corrected chi connectivity index (χ1v) is 15.8. The molecule has 1 atom stereocenters. The van der Waals surface area contributed by atoms with Crippen LogP contribution >= 0.6 is 0 Å². The van der Waals surface area contributed by atoms with Gasteiger partial charge in [0.2, 0.25) is 18.6 Å². The number of ether oxygens (including phenoxy) is 3. The lowest BCUT2D eigenvalue weighted by Crippen LogP contribution is -2.47. The fourth-order valence-corrected chi connectivity index (χ4v) is 6.50. The molecule has 3 aliphatic rings. The third-order valence-corrected chi connectivity index (χ3v) is 8.91. The van der Waals surface area contributed by atoms with Crippen molar-refractivity contribution in [2.75, 3.05) is 38.0 Å². The van der Waals surface area contributed by atoms with Gasteiger partial charge in [-0.2, -0.15) is 0 Å². The number of carbonyl (C=O) groups is 2. The summed E-state index contributed by atoms with van der Waals surface area (Å²) in [7, 11) is 0. The van der Waals surface area contributed by atoms with Crippen LogP contribution in [0.15, 0.2) is 66.7 Å². The van der Waals surface area contributed by atoms with Gasteiger partial charge in [-0.1, -0.05) is 54.8 Å². The molecule has 0 bridgehead atoms. The number of carbonyl (C=O) groups excluding carboxylic acids is 2. The van der Waals surface area contributed by atoms with Gasteiger partial charge in [0, 0.05) is 31.4 Å². The van der Waals surface area contributed by atoms with Crippen LogP contribution in [0.1, 0.15) is 49.3 Å². The predicted octanol–water partition coefficient (Wildman–Crippen LogP) is 4.22. The average Bonchev–Trinajstić information content (AvgIpc) is 3.72. The Labute approximate surface area is 262 Å². The van der Waals surface area contributed by atoms with Crippen LogP contribution in [-0.2, 0) is 27.4 Å². The van der Waals surface area contributed by atoms with Crippen molar-refractivity contribution in [3.05, 3.63) is 77.9 Å². The Morgan fingerprint density at radius 1 is 0.933 bits per heavy atom. The van der Waals surface area contributed by atoms with Gasteiger partial charge in [0.15, 0.2) is 11.5 Å². The van der Waals surface area contributed by atoms with Crippen LogP contribution in [0.25, 0.3) is 11.0 Å². The zero-order valence-electron chi connectivity index (χ0n) is 25.3. The number of fused-ring (bicyclic) bond motifs is 2. The van der Waals surface area contributed by atoms with Crippen LogP contribution < -0.4 is 19.7 Å². The molecule has 2 amide bonds. The highest BCUT2D eigenvalue weighted by Crippen LogP contribution is 2.34. The highest BCUT2D eigenvalue weighted by Gasteiger charge is 2.34. The summed E-state index contributed by atoms with van der Waals surface area (Å²) in [6.45, 7) is 3.27. The molecule has 2 fully saturated rings. The molecule has 3 aromatic carbocycles. The van der Waals surface area contributed by atoms with Gasteiger partial charge in [-0.3, -0.25) is 9.59 Å². The molecule has 45 heavy (non-hydrogen) atoms. The van der Waals surface area contributed by atoms with Gasteiger partial charge in [0.1, 0.15) is 18.1 Å². The van der Waals surface area contributed by atoms with Gasteiger partial charge >= 0.3 is 0 Å². The number of hydrogen-bond donors (Lipinski definition) is 1. The fourth-order valence-electron chi connectivity index (χ4n) is 6.50. The first-order chi connectivity index (χ1) is 22.1. The topological polar surface area (TPSA) is 111 Å². The number of nitrogens with one attached hydrogen (secondary N) is 1. The lowest BCUT2D eigenvalue weighted by molar-refractivity contribution is -0.142. The van der Waals surface area contributed by atoms with Crippen molar-refractivity contribution < 1.29 is 23.8 Å². The fraction of sp³-hybridized carbons (Fsp3) is 0.412. The summed E-state index contributed by atoms with van der Waals surface area (Å²) in [6, 6.07) is 20.4. The first kappa shape index (κ1) is 29.1. The van der Waals surface area contributed by atoms with Gasteiger partial charge in [-0.25, -0.2) is 4.68 Å². The summed E-state index contributed by atoms with van der Waals surface area (Å²) in [5.74, 6) is 0.860. The molecule has 3 heterocycles. The van der Waals surface area contributed by atoms with Crippen molar-refractivity contribution in [2.24, 2.45) is 0 Å². The number of aromatic nitrogens is 3. The molecule has 0 radical (unpaired) electrons. The minimum atomic E-state index is -0.863. The van der Waals surface area contributed by atoms with E-state index >= 15 is 0 Å². The van der Waals surface area contributed by atoms with E-state index in [1.54, 1.807) is 9.58 Å². The van der Waals surface area contributed by atoms with Gasteiger partial charge in [-0.05, 0) is 60.4 Å². The minimum absolute atomic E-state index is 0.0653. The number of morpholine rings is 1. The van der Waals surface area contributed by atoms with Crippen molar-refractivity contribution in [1.29, 1.82) is 0 Å². The summed E-state index contributed by atoms with van der Waals surface area (Å²) in [5.41, 5.74) is 4.11. The Morgan fingerprint density at radius 2 is 1.71 bits per heavy atom. The molecule has 1 aromatic heterocycles. The normalized spacial score (nSPS) is 17.3. The number of hydrogen-bond acceptors (Lipinski definition) is 8. The maximum Gasteiger partial charge on any atom is 0.247 e. The van der Waals surface area contributed by atoms with E-state index in [0.717, 1.165) is 61.1 Å². The van der Waals surface area contributed by atoms with Gasteiger partial charge < -0.3 is 29.3 Å². The molecule has 1 unspecified atom stereocenters. The molecule has 1 aliphatic carbocycles. The third-order valence-electron chi connectivity index (χ3n) is 8.91. The molecule has 0 spiro atoms. The predicted molar refractivity (Wildman–Crippen MR) is 168 cm³/mol. The third kappa shape index (κ3) is 6.44. The second-order valence-corrected chi connectivity index (χ2v) is 11.9. The Hall–Kier alpha value is -4.64. The molecule has 1 saturated carbocycles.